The van der Waals surface area contributed by atoms with Crippen molar-refractivity contribution in [2.24, 2.45) is 4.99 Å². The van der Waals surface area contributed by atoms with Crippen LogP contribution in [0.4, 0.5) is 17.3 Å². The van der Waals surface area contributed by atoms with Gasteiger partial charge in [0.05, 0.1) is 32.4 Å². The number of methoxy groups -OCH3 is 1. The van der Waals surface area contributed by atoms with E-state index in [0.717, 1.165) is 0 Å². The molecule has 1 unspecified atom stereocenters. The molecular formula is C21H22N8O4. The Labute approximate surface area is 189 Å². The Balaban J connectivity index is 2.03. The summed E-state index contributed by atoms with van der Waals surface area (Å²) >= 11 is 0. The van der Waals surface area contributed by atoms with E-state index in [-0.39, 0.29) is 54.5 Å². The van der Waals surface area contributed by atoms with E-state index in [1.165, 1.54) is 7.11 Å². The van der Waals surface area contributed by atoms with Crippen molar-refractivity contribution >= 4 is 29.3 Å². The highest BCUT2D eigenvalue weighted by atomic mass is 16.5. The fourth-order valence-corrected chi connectivity index (χ4v) is 3.28. The van der Waals surface area contributed by atoms with Crippen molar-refractivity contribution in [3.63, 3.8) is 0 Å². The molecule has 1 aliphatic rings. The van der Waals surface area contributed by atoms with Gasteiger partial charge in [-0.1, -0.05) is 6.07 Å². The maximum absolute atomic E-state index is 11.6. The number of carbonyl (C=O) groups is 1. The second-order valence-corrected chi connectivity index (χ2v) is 6.72. The summed E-state index contributed by atoms with van der Waals surface area (Å²) in [5, 5.41) is 23.8. The van der Waals surface area contributed by atoms with Gasteiger partial charge in [-0.15, -0.1) is 0 Å². The first-order chi connectivity index (χ1) is 15.9. The summed E-state index contributed by atoms with van der Waals surface area (Å²) < 4.78 is 16.0. The molecule has 0 saturated carbocycles. The van der Waals surface area contributed by atoms with Crippen molar-refractivity contribution in [3.05, 3.63) is 34.9 Å². The molecular weight excluding hydrogens is 428 g/mol. The third-order valence-corrected chi connectivity index (χ3v) is 4.73. The summed E-state index contributed by atoms with van der Waals surface area (Å²) in [4.78, 5) is 20.3. The summed E-state index contributed by atoms with van der Waals surface area (Å²) in [6.45, 7) is 2.09. The third-order valence-electron chi connectivity index (χ3n) is 4.73. The molecule has 3 rings (SSSR count). The highest BCUT2D eigenvalue weighted by molar-refractivity contribution is 5.98. The number of aromatic nitrogens is 1. The topological polar surface area (TPSA) is 194 Å². The summed E-state index contributed by atoms with van der Waals surface area (Å²) in [6.07, 6.45) is 1.86. The van der Waals surface area contributed by atoms with Gasteiger partial charge in [-0.2, -0.15) is 10.5 Å². The van der Waals surface area contributed by atoms with Crippen molar-refractivity contribution in [1.82, 2.24) is 10.3 Å². The van der Waals surface area contributed by atoms with Gasteiger partial charge in [0.2, 0.25) is 5.96 Å². The molecule has 33 heavy (non-hydrogen) atoms. The molecule has 2 aromatic rings. The lowest BCUT2D eigenvalue weighted by atomic mass is 9.95. The molecule has 170 valence electrons. The first kappa shape index (κ1) is 23.0. The Hall–Kier alpha value is -4.71. The summed E-state index contributed by atoms with van der Waals surface area (Å²) in [5.74, 6) is 0.783. The van der Waals surface area contributed by atoms with Crippen molar-refractivity contribution < 1.29 is 19.0 Å². The number of nitriles is 2. The van der Waals surface area contributed by atoms with E-state index in [2.05, 4.69) is 20.6 Å². The van der Waals surface area contributed by atoms with Crippen molar-refractivity contribution in [2.75, 3.05) is 37.1 Å². The number of pyridine rings is 1. The van der Waals surface area contributed by atoms with Crippen LogP contribution in [0.25, 0.3) is 0 Å². The normalized spacial score (nSPS) is 13.9. The molecule has 12 heteroatoms. The molecule has 0 amide bonds. The number of nitrogen functional groups attached to an aromatic ring is 2. The zero-order chi connectivity index (χ0) is 24.0. The van der Waals surface area contributed by atoms with Gasteiger partial charge in [-0.05, 0) is 24.6 Å². The zero-order valence-corrected chi connectivity index (χ0v) is 18.0. The smallest absolute Gasteiger partial charge is 0.309 e. The number of aliphatic imine (C=N–C) groups is 1. The lowest BCUT2D eigenvalue weighted by Crippen LogP contribution is -2.32. The minimum atomic E-state index is -0.740. The predicted molar refractivity (Wildman–Crippen MR) is 119 cm³/mol. The molecule has 1 aromatic heterocycles. The Kier molecular flexibility index (Phi) is 7.00. The van der Waals surface area contributed by atoms with E-state index in [0.29, 0.717) is 22.6 Å². The third kappa shape index (κ3) is 4.80. The molecule has 6 N–H and O–H groups in total. The molecule has 12 nitrogen and oxygen atoms in total. The predicted octanol–water partition coefficient (Wildman–Crippen LogP) is 1.40. The van der Waals surface area contributed by atoms with Gasteiger partial charge in [0.15, 0.2) is 17.7 Å². The van der Waals surface area contributed by atoms with Crippen molar-refractivity contribution in [2.45, 2.75) is 19.4 Å². The average molecular weight is 450 g/mol. The number of ether oxygens (including phenoxy) is 3. The standard InChI is InChI=1S/C21H22N8O4/c1-3-32-15(30)6-7-33-14-8-11(4-5-13(14)31-2)18-16-17(24)12(9-22)19(25)28-20(16)29-21(27-18)26-10-23/h4-5,8,18H,3,6-7H2,1-2H3,(H6,24,25,26,27,28,29). The highest BCUT2D eigenvalue weighted by Crippen LogP contribution is 2.42. The van der Waals surface area contributed by atoms with Gasteiger partial charge in [0.25, 0.3) is 0 Å². The summed E-state index contributed by atoms with van der Waals surface area (Å²) in [6, 6.07) is 6.31. The Morgan fingerprint density at radius 1 is 1.30 bits per heavy atom. The average Bonchev–Trinajstić information content (AvgIpc) is 2.79. The number of nitrogens with two attached hydrogens (primary N) is 2. The molecule has 0 radical (unpaired) electrons. The first-order valence-corrected chi connectivity index (χ1v) is 9.88. The number of nitrogens with zero attached hydrogens (tertiary/aromatic N) is 4. The molecule has 1 aliphatic heterocycles. The molecule has 0 fully saturated rings. The van der Waals surface area contributed by atoms with Crippen molar-refractivity contribution in [1.29, 1.82) is 10.5 Å². The molecule has 0 spiro atoms. The van der Waals surface area contributed by atoms with Crippen LogP contribution in [0.3, 0.4) is 0 Å². The van der Waals surface area contributed by atoms with E-state index >= 15 is 0 Å². The van der Waals surface area contributed by atoms with E-state index < -0.39 is 6.04 Å². The van der Waals surface area contributed by atoms with Crippen LogP contribution in [0.2, 0.25) is 0 Å². The van der Waals surface area contributed by atoms with Crippen molar-refractivity contribution in [3.8, 4) is 23.8 Å². The number of nitrogens with one attached hydrogen (secondary N) is 2. The number of esters is 1. The summed E-state index contributed by atoms with van der Waals surface area (Å²) in [7, 11) is 1.49. The van der Waals surface area contributed by atoms with E-state index in [4.69, 9.17) is 30.9 Å². The Morgan fingerprint density at radius 3 is 2.76 bits per heavy atom. The molecule has 2 heterocycles. The molecule has 0 aliphatic carbocycles. The number of rotatable bonds is 7. The first-order valence-electron chi connectivity index (χ1n) is 9.88. The largest absolute Gasteiger partial charge is 0.493 e. The van der Waals surface area contributed by atoms with Crippen LogP contribution in [0.1, 0.15) is 36.1 Å². The molecule has 1 aromatic carbocycles. The molecule has 1 atom stereocenters. The van der Waals surface area contributed by atoms with Gasteiger partial charge in [-0.3, -0.25) is 10.1 Å². The number of fused-ring (bicyclic) bond motifs is 1. The maximum atomic E-state index is 11.6. The van der Waals surface area contributed by atoms with E-state index in [1.54, 1.807) is 31.3 Å². The number of guanidine groups is 1. The Morgan fingerprint density at radius 2 is 2.09 bits per heavy atom. The number of hydrogen-bond donors (Lipinski definition) is 4. The fraction of sp³-hybridized carbons (Fsp3) is 0.286. The van der Waals surface area contributed by atoms with Gasteiger partial charge in [0, 0.05) is 5.56 Å². The lowest BCUT2D eigenvalue weighted by Gasteiger charge is -2.26. The number of hydrogen-bond acceptors (Lipinski definition) is 12. The van der Waals surface area contributed by atoms with Gasteiger partial charge in [0.1, 0.15) is 29.3 Å². The number of carbonyl (C=O) groups excluding carboxylic acids is 1. The SMILES string of the molecule is CCOC(=O)CCOc1cc(C2N=C(NC#N)Nc3nc(N)c(C#N)c(N)c32)ccc1OC. The van der Waals surface area contributed by atoms with Crippen LogP contribution in [-0.4, -0.2) is 37.2 Å². The van der Waals surface area contributed by atoms with Gasteiger partial charge in [-0.25, -0.2) is 9.98 Å². The molecule has 0 saturated heterocycles. The maximum Gasteiger partial charge on any atom is 0.309 e. The second kappa shape index (κ2) is 10.1. The monoisotopic (exact) mass is 450 g/mol. The Bertz CT molecular complexity index is 1180. The zero-order valence-electron chi connectivity index (χ0n) is 18.0. The fourth-order valence-electron chi connectivity index (χ4n) is 3.28. The minimum Gasteiger partial charge on any atom is -0.493 e. The van der Waals surface area contributed by atoms with Crippen LogP contribution < -0.4 is 31.6 Å². The molecule has 0 bridgehead atoms. The van der Waals surface area contributed by atoms with Crippen LogP contribution >= 0.6 is 0 Å². The lowest BCUT2D eigenvalue weighted by molar-refractivity contribution is -0.143. The van der Waals surface area contributed by atoms with Crippen LogP contribution in [-0.2, 0) is 9.53 Å². The van der Waals surface area contributed by atoms with Gasteiger partial charge >= 0.3 is 5.97 Å². The van der Waals surface area contributed by atoms with E-state index in [9.17, 15) is 10.1 Å². The quantitative estimate of drug-likeness (QED) is 0.270. The van der Waals surface area contributed by atoms with Crippen LogP contribution in [0, 0.1) is 22.8 Å². The highest BCUT2D eigenvalue weighted by Gasteiger charge is 2.30. The number of benzene rings is 1. The van der Waals surface area contributed by atoms with E-state index in [1.807, 2.05) is 6.07 Å². The summed E-state index contributed by atoms with van der Waals surface area (Å²) in [5.41, 5.74) is 13.3. The minimum absolute atomic E-state index is 0.0341. The second-order valence-electron chi connectivity index (χ2n) is 6.72. The van der Waals surface area contributed by atoms with Crippen LogP contribution in [0.15, 0.2) is 23.2 Å². The number of anilines is 3. The van der Waals surface area contributed by atoms with Crippen LogP contribution in [0.5, 0.6) is 11.5 Å². The van der Waals surface area contributed by atoms with Gasteiger partial charge < -0.3 is 31.0 Å².